The first kappa shape index (κ1) is 20.7. The fourth-order valence-corrected chi connectivity index (χ4v) is 4.01. The number of benzene rings is 1. The summed E-state index contributed by atoms with van der Waals surface area (Å²) in [5.74, 6) is 0.711. The van der Waals surface area contributed by atoms with Crippen molar-refractivity contribution < 1.29 is 4.21 Å². The van der Waals surface area contributed by atoms with E-state index in [2.05, 4.69) is 30.3 Å². The molecule has 3 aromatic heterocycles. The van der Waals surface area contributed by atoms with Crippen molar-refractivity contribution >= 4 is 22.5 Å². The van der Waals surface area contributed by atoms with E-state index in [1.54, 1.807) is 27.9 Å². The molecule has 2 N–H and O–H groups in total. The Morgan fingerprint density at radius 1 is 1.00 bits per heavy atom. The summed E-state index contributed by atoms with van der Waals surface area (Å²) >= 11 is 0. The third-order valence-corrected chi connectivity index (χ3v) is 5.96. The highest BCUT2D eigenvalue weighted by molar-refractivity contribution is 7.86. The number of aryl methyl sites for hydroxylation is 3. The van der Waals surface area contributed by atoms with Gasteiger partial charge in [0.15, 0.2) is 11.0 Å². The van der Waals surface area contributed by atoms with Crippen molar-refractivity contribution in [3.8, 4) is 5.69 Å². The molecule has 0 amide bonds. The van der Waals surface area contributed by atoms with Gasteiger partial charge in [0.05, 0.1) is 39.5 Å². The first-order valence-corrected chi connectivity index (χ1v) is 10.9. The van der Waals surface area contributed by atoms with Crippen LogP contribution in [-0.4, -0.2) is 34.0 Å². The summed E-state index contributed by atoms with van der Waals surface area (Å²) < 4.78 is 17.5. The molecule has 10 heteroatoms. The Morgan fingerprint density at radius 2 is 1.77 bits per heavy atom. The maximum absolute atomic E-state index is 12.7. The van der Waals surface area contributed by atoms with Gasteiger partial charge in [-0.1, -0.05) is 12.1 Å². The molecule has 0 saturated heterocycles. The quantitative estimate of drug-likeness (QED) is 0.462. The Labute approximate surface area is 183 Å². The lowest BCUT2D eigenvalue weighted by molar-refractivity contribution is 0.686. The summed E-state index contributed by atoms with van der Waals surface area (Å²) in [7, 11) is 0.446. The van der Waals surface area contributed by atoms with Gasteiger partial charge < -0.3 is 5.32 Å². The van der Waals surface area contributed by atoms with Crippen LogP contribution >= 0.6 is 0 Å². The molecule has 0 bridgehead atoms. The Morgan fingerprint density at radius 3 is 2.35 bits per heavy atom. The van der Waals surface area contributed by atoms with Gasteiger partial charge in [0.1, 0.15) is 5.82 Å². The Bertz CT molecular complexity index is 1210. The van der Waals surface area contributed by atoms with Gasteiger partial charge in [0, 0.05) is 19.8 Å². The van der Waals surface area contributed by atoms with Crippen LogP contribution in [0, 0.1) is 20.8 Å². The van der Waals surface area contributed by atoms with Crippen molar-refractivity contribution in [3.63, 3.8) is 0 Å². The average molecular weight is 437 g/mol. The second-order valence-electron chi connectivity index (χ2n) is 7.21. The standard InChI is InChI=1S/C21H24N8OS/c1-14-11-24-29(25-14)18-7-5-17(6-8-18)12-22-20-10-9-19(13-23-20)31(30)27-21-15(2)26-28(4)16(21)3/h5-11,13,27H,12H2,1-4H3,(H,22,23). The molecule has 31 heavy (non-hydrogen) atoms. The third kappa shape index (κ3) is 4.64. The second kappa shape index (κ2) is 8.68. The van der Waals surface area contributed by atoms with Crippen molar-refractivity contribution in [3.05, 3.63) is 71.4 Å². The van der Waals surface area contributed by atoms with Gasteiger partial charge in [-0.15, -0.1) is 0 Å². The van der Waals surface area contributed by atoms with Crippen LogP contribution in [0.1, 0.15) is 22.6 Å². The smallest absolute Gasteiger partial charge is 0.151 e. The number of nitrogens with one attached hydrogen (secondary N) is 2. The number of nitrogens with zero attached hydrogens (tertiary/aromatic N) is 6. The number of aromatic nitrogens is 6. The number of hydrogen-bond donors (Lipinski definition) is 2. The van der Waals surface area contributed by atoms with E-state index >= 15 is 0 Å². The van der Waals surface area contributed by atoms with E-state index < -0.39 is 11.0 Å². The molecule has 0 radical (unpaired) electrons. The largest absolute Gasteiger partial charge is 0.366 e. The average Bonchev–Trinajstić information content (AvgIpc) is 3.31. The van der Waals surface area contributed by atoms with Crippen LogP contribution in [0.3, 0.4) is 0 Å². The first-order valence-electron chi connectivity index (χ1n) is 9.77. The highest BCUT2D eigenvalue weighted by Gasteiger charge is 2.13. The summed E-state index contributed by atoms with van der Waals surface area (Å²) in [6.45, 7) is 6.35. The zero-order valence-electron chi connectivity index (χ0n) is 17.8. The van der Waals surface area contributed by atoms with Gasteiger partial charge in [-0.25, -0.2) is 9.19 Å². The summed E-state index contributed by atoms with van der Waals surface area (Å²) in [6.07, 6.45) is 3.34. The zero-order chi connectivity index (χ0) is 22.0. The lowest BCUT2D eigenvalue weighted by Gasteiger charge is -2.09. The van der Waals surface area contributed by atoms with E-state index in [-0.39, 0.29) is 0 Å². The van der Waals surface area contributed by atoms with Crippen molar-refractivity contribution in [2.75, 3.05) is 10.0 Å². The number of pyridine rings is 1. The minimum absolute atomic E-state index is 0.597. The Kier molecular flexibility index (Phi) is 5.81. The van der Waals surface area contributed by atoms with Crippen LogP contribution in [0.5, 0.6) is 0 Å². The second-order valence-corrected chi connectivity index (χ2v) is 8.43. The normalized spacial score (nSPS) is 12.0. The molecule has 3 heterocycles. The van der Waals surface area contributed by atoms with Crippen molar-refractivity contribution in [2.24, 2.45) is 7.05 Å². The van der Waals surface area contributed by atoms with Crippen LogP contribution in [0.2, 0.25) is 0 Å². The number of anilines is 2. The topological polar surface area (TPSA) is 103 Å². The van der Waals surface area contributed by atoms with Gasteiger partial charge in [0.25, 0.3) is 0 Å². The molecule has 0 aliphatic carbocycles. The molecule has 0 spiro atoms. The van der Waals surface area contributed by atoms with Crippen LogP contribution in [0.15, 0.2) is 53.7 Å². The number of hydrogen-bond acceptors (Lipinski definition) is 6. The Balaban J connectivity index is 1.35. The molecular weight excluding hydrogens is 412 g/mol. The molecular formula is C21H24N8OS. The van der Waals surface area contributed by atoms with E-state index in [4.69, 9.17) is 0 Å². The van der Waals surface area contributed by atoms with Gasteiger partial charge >= 0.3 is 0 Å². The molecule has 0 aliphatic rings. The molecule has 0 saturated carbocycles. The predicted octanol–water partition coefficient (Wildman–Crippen LogP) is 3.07. The van der Waals surface area contributed by atoms with Gasteiger partial charge in [-0.05, 0) is 50.6 Å². The molecule has 4 aromatic rings. The highest BCUT2D eigenvalue weighted by atomic mass is 32.2. The summed E-state index contributed by atoms with van der Waals surface area (Å²) in [6, 6.07) is 11.6. The van der Waals surface area contributed by atoms with E-state index in [0.29, 0.717) is 17.3 Å². The summed E-state index contributed by atoms with van der Waals surface area (Å²) in [5.41, 5.74) is 5.42. The van der Waals surface area contributed by atoms with Crippen LogP contribution in [0.25, 0.3) is 5.69 Å². The molecule has 1 aromatic carbocycles. The summed E-state index contributed by atoms with van der Waals surface area (Å²) in [4.78, 5) is 6.59. The molecule has 1 atom stereocenters. The zero-order valence-corrected chi connectivity index (χ0v) is 18.6. The lowest BCUT2D eigenvalue weighted by atomic mass is 10.2. The fraction of sp³-hybridized carbons (Fsp3) is 0.238. The SMILES string of the molecule is Cc1cnn(-c2ccc(CNc3ccc(S(=O)Nc4c(C)nn(C)c4C)cn3)cc2)n1. The van der Waals surface area contributed by atoms with Gasteiger partial charge in [0.2, 0.25) is 0 Å². The van der Waals surface area contributed by atoms with E-state index in [1.807, 2.05) is 58.2 Å². The Hall–Kier alpha value is -3.53. The minimum Gasteiger partial charge on any atom is -0.366 e. The summed E-state index contributed by atoms with van der Waals surface area (Å²) in [5, 5.41) is 16.1. The molecule has 9 nitrogen and oxygen atoms in total. The first-order chi connectivity index (χ1) is 14.9. The van der Waals surface area contributed by atoms with Gasteiger partial charge in [-0.2, -0.15) is 20.1 Å². The molecule has 160 valence electrons. The monoisotopic (exact) mass is 436 g/mol. The lowest BCUT2D eigenvalue weighted by Crippen LogP contribution is -2.08. The van der Waals surface area contributed by atoms with E-state index in [1.165, 1.54) is 0 Å². The fourth-order valence-electron chi connectivity index (χ4n) is 3.07. The van der Waals surface area contributed by atoms with Crippen molar-refractivity contribution in [2.45, 2.75) is 32.2 Å². The molecule has 4 rings (SSSR count). The third-order valence-electron chi connectivity index (χ3n) is 4.90. The van der Waals surface area contributed by atoms with E-state index in [0.717, 1.165) is 34.0 Å². The molecule has 0 fully saturated rings. The number of rotatable bonds is 7. The maximum atomic E-state index is 12.7. The minimum atomic E-state index is -1.42. The predicted molar refractivity (Wildman–Crippen MR) is 120 cm³/mol. The van der Waals surface area contributed by atoms with Crippen LogP contribution in [-0.2, 0) is 24.6 Å². The highest BCUT2D eigenvalue weighted by Crippen LogP contribution is 2.21. The van der Waals surface area contributed by atoms with Crippen LogP contribution < -0.4 is 10.0 Å². The van der Waals surface area contributed by atoms with Crippen molar-refractivity contribution in [1.82, 2.24) is 29.8 Å². The van der Waals surface area contributed by atoms with Crippen molar-refractivity contribution in [1.29, 1.82) is 0 Å². The maximum Gasteiger partial charge on any atom is 0.151 e. The van der Waals surface area contributed by atoms with Crippen LogP contribution in [0.4, 0.5) is 11.5 Å². The molecule has 1 unspecified atom stereocenters. The molecule has 0 aliphatic heterocycles. The van der Waals surface area contributed by atoms with E-state index in [9.17, 15) is 4.21 Å². The van der Waals surface area contributed by atoms with Gasteiger partial charge in [-0.3, -0.25) is 9.40 Å².